The summed E-state index contributed by atoms with van der Waals surface area (Å²) < 4.78 is 1.83. The number of aliphatic hydroxyl groups excluding tert-OH is 1. The average molecular weight is 435 g/mol. The highest BCUT2D eigenvalue weighted by Crippen LogP contribution is 2.25. The van der Waals surface area contributed by atoms with Crippen molar-refractivity contribution in [2.24, 2.45) is 0 Å². The summed E-state index contributed by atoms with van der Waals surface area (Å²) in [5.41, 5.74) is 5.85. The average Bonchev–Trinajstić information content (AvgIpc) is 3.32. The van der Waals surface area contributed by atoms with E-state index in [-0.39, 0.29) is 5.91 Å². The molecule has 1 aliphatic rings. The number of likely N-dealkylation sites (tertiary alicyclic amines) is 1. The van der Waals surface area contributed by atoms with Crippen molar-refractivity contribution in [2.75, 3.05) is 13.1 Å². The van der Waals surface area contributed by atoms with E-state index in [4.69, 9.17) is 16.9 Å². The molecule has 1 aromatic heterocycles. The molecule has 3 aromatic rings. The summed E-state index contributed by atoms with van der Waals surface area (Å²) in [7, 11) is 0. The number of β-amino-alcohol motifs (C(OH)–C–C–N with tert-alkyl or cyclic N) is 1. The molecule has 6 nitrogen and oxygen atoms in total. The summed E-state index contributed by atoms with van der Waals surface area (Å²) in [4.78, 5) is 14.5. The maximum Gasteiger partial charge on any atom is 0.253 e. The molecule has 0 saturated carbocycles. The predicted molar refractivity (Wildman–Crippen MR) is 119 cm³/mol. The second kappa shape index (κ2) is 8.54. The summed E-state index contributed by atoms with van der Waals surface area (Å²) in [5.74, 6) is -0.0465. The summed E-state index contributed by atoms with van der Waals surface area (Å²) in [6, 6.07) is 15.0. The van der Waals surface area contributed by atoms with Crippen LogP contribution in [0.15, 0.2) is 42.5 Å². The first-order valence-electron chi connectivity index (χ1n) is 10.2. The third-order valence-electron chi connectivity index (χ3n) is 5.76. The normalized spacial score (nSPS) is 15.8. The highest BCUT2D eigenvalue weighted by Gasteiger charge is 2.25. The number of aliphatic hydroxyl groups is 1. The van der Waals surface area contributed by atoms with Crippen molar-refractivity contribution in [1.82, 2.24) is 14.7 Å². The molecule has 158 valence electrons. The Bertz CT molecular complexity index is 1190. The van der Waals surface area contributed by atoms with Gasteiger partial charge in [0.1, 0.15) is 6.07 Å². The molecule has 2 heterocycles. The maximum absolute atomic E-state index is 12.8. The Balaban J connectivity index is 1.60. The molecule has 31 heavy (non-hydrogen) atoms. The molecule has 4 rings (SSSR count). The number of nitriles is 1. The number of halogens is 1. The van der Waals surface area contributed by atoms with Crippen molar-refractivity contribution in [1.29, 1.82) is 5.26 Å². The van der Waals surface area contributed by atoms with Crippen molar-refractivity contribution in [2.45, 2.75) is 32.8 Å². The van der Waals surface area contributed by atoms with Crippen molar-refractivity contribution in [3.63, 3.8) is 0 Å². The Labute approximate surface area is 186 Å². The topological polar surface area (TPSA) is 82.2 Å². The highest BCUT2D eigenvalue weighted by atomic mass is 35.5. The highest BCUT2D eigenvalue weighted by molar-refractivity contribution is 6.31. The first kappa shape index (κ1) is 21.1. The van der Waals surface area contributed by atoms with Crippen LogP contribution in [0.3, 0.4) is 0 Å². The first-order valence-corrected chi connectivity index (χ1v) is 10.6. The molecule has 7 heteroatoms. The molecule has 1 unspecified atom stereocenters. The van der Waals surface area contributed by atoms with Gasteiger partial charge in [-0.3, -0.25) is 4.79 Å². The third kappa shape index (κ3) is 4.20. The Morgan fingerprint density at radius 1 is 1.29 bits per heavy atom. The largest absolute Gasteiger partial charge is 0.391 e. The molecule has 1 saturated heterocycles. The Hall–Kier alpha value is -3.14. The minimum absolute atomic E-state index is 0.0465. The number of carbonyl (C=O) groups excluding carboxylic acids is 1. The van der Waals surface area contributed by atoms with Crippen molar-refractivity contribution in [3.05, 3.63) is 81.1 Å². The van der Waals surface area contributed by atoms with Crippen LogP contribution < -0.4 is 0 Å². The lowest BCUT2D eigenvalue weighted by Gasteiger charge is -2.16. The number of aryl methyl sites for hydroxylation is 1. The zero-order chi connectivity index (χ0) is 22.1. The maximum atomic E-state index is 12.8. The van der Waals surface area contributed by atoms with Gasteiger partial charge in [0.25, 0.3) is 5.91 Å². The van der Waals surface area contributed by atoms with Gasteiger partial charge in [-0.25, -0.2) is 4.68 Å². The number of benzene rings is 2. The molecule has 0 spiro atoms. The Kier molecular flexibility index (Phi) is 5.81. The molecule has 1 aliphatic heterocycles. The van der Waals surface area contributed by atoms with Crippen LogP contribution in [0.25, 0.3) is 5.69 Å². The second-order valence-corrected chi connectivity index (χ2v) is 8.32. The van der Waals surface area contributed by atoms with Crippen LogP contribution in [-0.2, 0) is 6.42 Å². The van der Waals surface area contributed by atoms with E-state index in [0.717, 1.165) is 28.2 Å². The van der Waals surface area contributed by atoms with E-state index in [1.165, 1.54) is 0 Å². The second-order valence-electron chi connectivity index (χ2n) is 7.91. The summed E-state index contributed by atoms with van der Waals surface area (Å²) in [6.45, 7) is 4.94. The molecule has 0 radical (unpaired) electrons. The van der Waals surface area contributed by atoms with Gasteiger partial charge in [-0.15, -0.1) is 0 Å². The minimum atomic E-state index is -0.431. The molecular weight excluding hydrogens is 412 g/mol. The first-order chi connectivity index (χ1) is 14.9. The predicted octanol–water partition coefficient (Wildman–Crippen LogP) is 3.81. The molecule has 0 bridgehead atoms. The van der Waals surface area contributed by atoms with E-state index >= 15 is 0 Å². The van der Waals surface area contributed by atoms with Gasteiger partial charge in [0.2, 0.25) is 0 Å². The number of carbonyl (C=O) groups is 1. The van der Waals surface area contributed by atoms with Crippen LogP contribution in [0.5, 0.6) is 0 Å². The lowest BCUT2D eigenvalue weighted by atomic mass is 10.0. The van der Waals surface area contributed by atoms with E-state index in [2.05, 4.69) is 11.2 Å². The van der Waals surface area contributed by atoms with Crippen molar-refractivity contribution in [3.8, 4) is 11.8 Å². The number of rotatable bonds is 4. The minimum Gasteiger partial charge on any atom is -0.391 e. The van der Waals surface area contributed by atoms with E-state index in [0.29, 0.717) is 42.1 Å². The van der Waals surface area contributed by atoms with Crippen molar-refractivity contribution < 1.29 is 9.90 Å². The fourth-order valence-electron chi connectivity index (χ4n) is 4.04. The zero-order valence-corrected chi connectivity index (χ0v) is 18.2. The molecular formula is C24H23ClN4O2. The SMILES string of the molecule is Cc1nn(-c2ccc(C#N)c(Cl)c2)c(C)c1Cc1cccc(C(=O)N2CCC(O)C2)c1. The number of hydrogen-bond acceptors (Lipinski definition) is 4. The van der Waals surface area contributed by atoms with Gasteiger partial charge in [0.15, 0.2) is 0 Å². The van der Waals surface area contributed by atoms with Crippen LogP contribution >= 0.6 is 11.6 Å². The van der Waals surface area contributed by atoms with E-state index in [9.17, 15) is 9.90 Å². The van der Waals surface area contributed by atoms with Crippen LogP contribution in [0.1, 0.15) is 44.9 Å². The Morgan fingerprint density at radius 3 is 2.77 bits per heavy atom. The van der Waals surface area contributed by atoms with Gasteiger partial charge >= 0.3 is 0 Å². The molecule has 2 aromatic carbocycles. The van der Waals surface area contributed by atoms with Gasteiger partial charge < -0.3 is 10.0 Å². The summed E-state index contributed by atoms with van der Waals surface area (Å²) >= 11 is 6.20. The van der Waals surface area contributed by atoms with Crippen LogP contribution in [0.4, 0.5) is 0 Å². The monoisotopic (exact) mass is 434 g/mol. The number of aromatic nitrogens is 2. The quantitative estimate of drug-likeness (QED) is 0.676. The fourth-order valence-corrected chi connectivity index (χ4v) is 4.25. The number of amides is 1. The molecule has 0 aliphatic carbocycles. The van der Waals surface area contributed by atoms with Crippen LogP contribution in [-0.4, -0.2) is 44.9 Å². The van der Waals surface area contributed by atoms with Gasteiger partial charge in [0.05, 0.1) is 28.1 Å². The number of nitrogens with zero attached hydrogens (tertiary/aromatic N) is 4. The fraction of sp³-hybridized carbons (Fsp3) is 0.292. The summed E-state index contributed by atoms with van der Waals surface area (Å²) in [6.07, 6.45) is 0.840. The van der Waals surface area contributed by atoms with E-state index < -0.39 is 6.10 Å². The van der Waals surface area contributed by atoms with E-state index in [1.54, 1.807) is 17.0 Å². The lowest BCUT2D eigenvalue weighted by Crippen LogP contribution is -2.29. The summed E-state index contributed by atoms with van der Waals surface area (Å²) in [5, 5.41) is 23.9. The standard InChI is InChI=1S/C24H23ClN4O2/c1-15-22(16(2)29(27-15)20-7-6-19(13-26)23(25)12-20)11-17-4-3-5-18(10-17)24(31)28-9-8-21(30)14-28/h3-7,10,12,21,30H,8-9,11,14H2,1-2H3. The van der Waals surface area contributed by atoms with Gasteiger partial charge in [-0.2, -0.15) is 10.4 Å². The van der Waals surface area contributed by atoms with Gasteiger partial charge in [-0.1, -0.05) is 23.7 Å². The molecule has 1 amide bonds. The van der Waals surface area contributed by atoms with Crippen LogP contribution in [0, 0.1) is 25.2 Å². The van der Waals surface area contributed by atoms with Crippen LogP contribution in [0.2, 0.25) is 5.02 Å². The molecule has 1 fully saturated rings. The smallest absolute Gasteiger partial charge is 0.253 e. The van der Waals surface area contributed by atoms with Gasteiger partial charge in [-0.05, 0) is 56.2 Å². The number of hydrogen-bond donors (Lipinski definition) is 1. The lowest BCUT2D eigenvalue weighted by molar-refractivity contribution is 0.0765. The third-order valence-corrected chi connectivity index (χ3v) is 6.08. The molecule has 1 atom stereocenters. The Morgan fingerprint density at radius 2 is 2.10 bits per heavy atom. The van der Waals surface area contributed by atoms with Gasteiger partial charge in [0, 0.05) is 36.3 Å². The molecule has 1 N–H and O–H groups in total. The van der Waals surface area contributed by atoms with Crippen molar-refractivity contribution >= 4 is 17.5 Å². The van der Waals surface area contributed by atoms with E-state index in [1.807, 2.05) is 48.9 Å². The zero-order valence-electron chi connectivity index (χ0n) is 17.5.